The molecule has 5 nitrogen and oxygen atoms in total. The Hall–Kier alpha value is -1.78. The summed E-state index contributed by atoms with van der Waals surface area (Å²) >= 11 is 0. The summed E-state index contributed by atoms with van der Waals surface area (Å²) in [4.78, 5) is 14.3. The van der Waals surface area contributed by atoms with E-state index in [0.717, 1.165) is 6.20 Å². The second-order valence-corrected chi connectivity index (χ2v) is 2.15. The molecule has 1 rings (SSSR count). The number of hydrogen-bond donors (Lipinski definition) is 2. The lowest BCUT2D eigenvalue weighted by Crippen LogP contribution is -2.17. The Labute approximate surface area is 68.2 Å². The molecule has 0 bridgehead atoms. The minimum atomic E-state index is -1.11. The Morgan fingerprint density at radius 3 is 2.83 bits per heavy atom. The van der Waals surface area contributed by atoms with Gasteiger partial charge in [-0.05, 0) is 6.07 Å². The SMILES string of the molecule is CN=c1ccn(O)cc1C(=O)O. The molecule has 0 fully saturated rings. The second-order valence-electron chi connectivity index (χ2n) is 2.15. The largest absolute Gasteiger partial charge is 0.478 e. The minimum Gasteiger partial charge on any atom is -0.478 e. The van der Waals surface area contributed by atoms with Gasteiger partial charge in [-0.1, -0.05) is 0 Å². The first-order valence-electron chi connectivity index (χ1n) is 3.23. The fraction of sp³-hybridized carbons (Fsp3) is 0.143. The van der Waals surface area contributed by atoms with Crippen molar-refractivity contribution in [3.63, 3.8) is 0 Å². The van der Waals surface area contributed by atoms with Gasteiger partial charge in [0.05, 0.1) is 11.6 Å². The quantitative estimate of drug-likeness (QED) is 0.577. The highest BCUT2D eigenvalue weighted by molar-refractivity contribution is 5.86. The third kappa shape index (κ3) is 1.45. The fourth-order valence-corrected chi connectivity index (χ4v) is 0.838. The standard InChI is InChI=1S/C7H8N2O3/c1-8-6-2-3-9(12)4-5(6)7(10)11/h2-4,12H,1H3,(H,10,11). The van der Waals surface area contributed by atoms with E-state index in [2.05, 4.69) is 4.99 Å². The van der Waals surface area contributed by atoms with Gasteiger partial charge >= 0.3 is 5.97 Å². The number of rotatable bonds is 1. The van der Waals surface area contributed by atoms with E-state index in [1.54, 1.807) is 0 Å². The number of carboxylic acids is 1. The molecule has 0 saturated heterocycles. The molecule has 0 radical (unpaired) electrons. The van der Waals surface area contributed by atoms with Crippen LogP contribution in [0.25, 0.3) is 0 Å². The zero-order valence-electron chi connectivity index (χ0n) is 6.43. The van der Waals surface area contributed by atoms with E-state index in [1.165, 1.54) is 19.3 Å². The van der Waals surface area contributed by atoms with Crippen LogP contribution in [-0.2, 0) is 0 Å². The van der Waals surface area contributed by atoms with Gasteiger partial charge in [0.1, 0.15) is 5.56 Å². The lowest BCUT2D eigenvalue weighted by molar-refractivity contribution is 0.0689. The average Bonchev–Trinajstić information content (AvgIpc) is 2.04. The fourth-order valence-electron chi connectivity index (χ4n) is 0.838. The topological polar surface area (TPSA) is 74.8 Å². The number of pyridine rings is 1. The predicted octanol–water partition coefficient (Wildman–Crippen LogP) is -0.0459. The van der Waals surface area contributed by atoms with E-state index in [4.69, 9.17) is 10.3 Å². The van der Waals surface area contributed by atoms with Crippen molar-refractivity contribution in [2.45, 2.75) is 0 Å². The van der Waals surface area contributed by atoms with Crippen molar-refractivity contribution in [2.24, 2.45) is 4.99 Å². The molecule has 1 heterocycles. The van der Waals surface area contributed by atoms with Crippen LogP contribution in [0.3, 0.4) is 0 Å². The summed E-state index contributed by atoms with van der Waals surface area (Å²) in [5.74, 6) is -1.11. The van der Waals surface area contributed by atoms with Gasteiger partial charge in [0.25, 0.3) is 0 Å². The van der Waals surface area contributed by atoms with Crippen molar-refractivity contribution in [3.8, 4) is 0 Å². The van der Waals surface area contributed by atoms with Crippen LogP contribution in [0.15, 0.2) is 23.5 Å². The average molecular weight is 168 g/mol. The number of carboxylic acid groups (broad SMARTS) is 1. The summed E-state index contributed by atoms with van der Waals surface area (Å²) in [5.41, 5.74) is -0.0255. The van der Waals surface area contributed by atoms with E-state index < -0.39 is 5.97 Å². The van der Waals surface area contributed by atoms with E-state index in [9.17, 15) is 4.79 Å². The summed E-state index contributed by atoms with van der Waals surface area (Å²) in [5, 5.41) is 17.9. The van der Waals surface area contributed by atoms with Gasteiger partial charge in [-0.2, -0.15) is 0 Å². The molecule has 0 spiro atoms. The summed E-state index contributed by atoms with van der Waals surface area (Å²) in [6.07, 6.45) is 2.40. The predicted molar refractivity (Wildman–Crippen MR) is 40.1 cm³/mol. The number of aromatic carboxylic acids is 1. The van der Waals surface area contributed by atoms with Crippen molar-refractivity contribution in [1.29, 1.82) is 0 Å². The van der Waals surface area contributed by atoms with Crippen LogP contribution < -0.4 is 5.36 Å². The maximum absolute atomic E-state index is 10.5. The summed E-state index contributed by atoms with van der Waals surface area (Å²) < 4.78 is 0.679. The molecule has 0 saturated carbocycles. The van der Waals surface area contributed by atoms with E-state index >= 15 is 0 Å². The zero-order valence-corrected chi connectivity index (χ0v) is 6.43. The number of hydrogen-bond acceptors (Lipinski definition) is 3. The molecule has 0 unspecified atom stereocenters. The highest BCUT2D eigenvalue weighted by atomic mass is 16.5. The smallest absolute Gasteiger partial charge is 0.339 e. The molecule has 0 aliphatic carbocycles. The van der Waals surface area contributed by atoms with E-state index in [0.29, 0.717) is 10.1 Å². The summed E-state index contributed by atoms with van der Waals surface area (Å²) in [6, 6.07) is 1.42. The molecule has 64 valence electrons. The van der Waals surface area contributed by atoms with Gasteiger partial charge in [0.2, 0.25) is 0 Å². The Balaban J connectivity index is 3.43. The normalized spacial score (nSPS) is 11.6. The van der Waals surface area contributed by atoms with Gasteiger partial charge in [-0.15, -0.1) is 0 Å². The van der Waals surface area contributed by atoms with E-state index in [1.807, 2.05) is 0 Å². The Bertz CT molecular complexity index is 367. The molecule has 0 aliphatic heterocycles. The van der Waals surface area contributed by atoms with Crippen LogP contribution in [0.5, 0.6) is 0 Å². The van der Waals surface area contributed by atoms with Gasteiger partial charge in [0.15, 0.2) is 0 Å². The van der Waals surface area contributed by atoms with E-state index in [-0.39, 0.29) is 5.56 Å². The van der Waals surface area contributed by atoms with Crippen LogP contribution in [0.4, 0.5) is 0 Å². The minimum absolute atomic E-state index is 0.0255. The molecule has 0 aliphatic rings. The molecule has 0 amide bonds. The molecular formula is C7H8N2O3. The van der Waals surface area contributed by atoms with Crippen molar-refractivity contribution in [1.82, 2.24) is 4.73 Å². The Morgan fingerprint density at radius 2 is 2.33 bits per heavy atom. The summed E-state index contributed by atoms with van der Waals surface area (Å²) in [7, 11) is 1.49. The second kappa shape index (κ2) is 3.08. The summed E-state index contributed by atoms with van der Waals surface area (Å²) in [6.45, 7) is 0. The molecule has 0 atom stereocenters. The molecule has 1 aromatic heterocycles. The molecule has 5 heteroatoms. The van der Waals surface area contributed by atoms with Gasteiger partial charge in [-0.3, -0.25) is 4.99 Å². The maximum Gasteiger partial charge on any atom is 0.339 e. The van der Waals surface area contributed by atoms with Crippen molar-refractivity contribution >= 4 is 5.97 Å². The molecular weight excluding hydrogens is 160 g/mol. The lowest BCUT2D eigenvalue weighted by Gasteiger charge is -1.98. The number of nitrogens with zero attached hydrogens (tertiary/aromatic N) is 2. The number of carbonyl (C=O) groups is 1. The third-order valence-corrected chi connectivity index (χ3v) is 1.39. The maximum atomic E-state index is 10.5. The molecule has 0 aromatic carbocycles. The molecule has 2 N–H and O–H groups in total. The van der Waals surface area contributed by atoms with Crippen LogP contribution in [0.1, 0.15) is 10.4 Å². The highest BCUT2D eigenvalue weighted by Gasteiger charge is 2.05. The lowest BCUT2D eigenvalue weighted by atomic mass is 10.3. The van der Waals surface area contributed by atoms with Gasteiger partial charge < -0.3 is 10.3 Å². The third-order valence-electron chi connectivity index (χ3n) is 1.39. The van der Waals surface area contributed by atoms with Gasteiger partial charge in [0, 0.05) is 13.2 Å². The first-order valence-corrected chi connectivity index (χ1v) is 3.23. The Morgan fingerprint density at radius 1 is 1.67 bits per heavy atom. The number of aromatic nitrogens is 1. The highest BCUT2D eigenvalue weighted by Crippen LogP contribution is 1.89. The van der Waals surface area contributed by atoms with Crippen LogP contribution in [0.2, 0.25) is 0 Å². The Kier molecular flexibility index (Phi) is 2.14. The van der Waals surface area contributed by atoms with Gasteiger partial charge in [-0.25, -0.2) is 9.52 Å². The van der Waals surface area contributed by atoms with Crippen molar-refractivity contribution in [2.75, 3.05) is 7.05 Å². The monoisotopic (exact) mass is 168 g/mol. The zero-order chi connectivity index (χ0) is 9.14. The van der Waals surface area contributed by atoms with Crippen molar-refractivity contribution < 1.29 is 15.1 Å². The van der Waals surface area contributed by atoms with Crippen molar-refractivity contribution in [3.05, 3.63) is 29.4 Å². The van der Waals surface area contributed by atoms with Crippen LogP contribution in [0, 0.1) is 0 Å². The first-order chi connectivity index (χ1) is 5.65. The first kappa shape index (κ1) is 8.32. The van der Waals surface area contributed by atoms with Crippen LogP contribution >= 0.6 is 0 Å². The molecule has 1 aromatic rings. The van der Waals surface area contributed by atoms with Crippen LogP contribution in [-0.4, -0.2) is 28.1 Å². The molecule has 12 heavy (non-hydrogen) atoms.